The number of halogens is 2. The monoisotopic (exact) mass is 377 g/mol. The van der Waals surface area contributed by atoms with Crippen LogP contribution in [0.15, 0.2) is 36.8 Å². The molecule has 2 heterocycles. The number of carbonyl (C=O) groups is 1. The number of hydrogen-bond donors (Lipinski definition) is 1. The first kappa shape index (κ1) is 17.5. The van der Waals surface area contributed by atoms with Crippen molar-refractivity contribution >= 4 is 34.8 Å². The van der Waals surface area contributed by atoms with Gasteiger partial charge in [-0.2, -0.15) is 10.2 Å². The first-order valence-electron chi connectivity index (χ1n) is 7.78. The summed E-state index contributed by atoms with van der Waals surface area (Å²) in [6.07, 6.45) is 5.11. The van der Waals surface area contributed by atoms with Crippen molar-refractivity contribution in [3.05, 3.63) is 63.7 Å². The van der Waals surface area contributed by atoms with Crippen LogP contribution in [-0.2, 0) is 13.1 Å². The van der Waals surface area contributed by atoms with Crippen molar-refractivity contribution in [2.24, 2.45) is 0 Å². The van der Waals surface area contributed by atoms with Gasteiger partial charge in [0.1, 0.15) is 0 Å². The summed E-state index contributed by atoms with van der Waals surface area (Å²) in [5.74, 6) is -0.203. The van der Waals surface area contributed by atoms with E-state index >= 15 is 0 Å². The molecule has 0 atom stereocenters. The highest BCUT2D eigenvalue weighted by molar-refractivity contribution is 6.42. The van der Waals surface area contributed by atoms with Gasteiger partial charge in [0, 0.05) is 18.9 Å². The lowest BCUT2D eigenvalue weighted by molar-refractivity contribution is 0.102. The Morgan fingerprint density at radius 3 is 2.68 bits per heavy atom. The minimum absolute atomic E-state index is 0.203. The molecule has 0 aliphatic heterocycles. The molecular weight excluding hydrogens is 361 g/mol. The Balaban J connectivity index is 1.69. The molecule has 0 spiro atoms. The predicted molar refractivity (Wildman–Crippen MR) is 98.4 cm³/mol. The van der Waals surface area contributed by atoms with Gasteiger partial charge in [-0.1, -0.05) is 29.3 Å². The van der Waals surface area contributed by atoms with Gasteiger partial charge >= 0.3 is 0 Å². The third-order valence-corrected chi connectivity index (χ3v) is 4.47. The van der Waals surface area contributed by atoms with Gasteiger partial charge in [-0.25, -0.2) is 0 Å². The fourth-order valence-corrected chi connectivity index (χ4v) is 2.76. The summed E-state index contributed by atoms with van der Waals surface area (Å²) in [6.45, 7) is 5.03. The zero-order valence-corrected chi connectivity index (χ0v) is 15.3. The fraction of sp³-hybridized carbons (Fsp3) is 0.235. The van der Waals surface area contributed by atoms with E-state index in [1.54, 1.807) is 40.1 Å². The number of hydrogen-bond acceptors (Lipinski definition) is 3. The Labute approximate surface area is 155 Å². The molecule has 0 fully saturated rings. The van der Waals surface area contributed by atoms with Gasteiger partial charge in [0.25, 0.3) is 5.91 Å². The molecule has 0 unspecified atom stereocenters. The second-order valence-corrected chi connectivity index (χ2v) is 6.43. The second-order valence-electron chi connectivity index (χ2n) is 5.61. The molecule has 0 aliphatic rings. The van der Waals surface area contributed by atoms with E-state index in [4.69, 9.17) is 23.2 Å². The van der Waals surface area contributed by atoms with E-state index in [0.717, 1.165) is 12.1 Å². The Bertz CT molecular complexity index is 916. The molecule has 0 bridgehead atoms. The maximum Gasteiger partial charge on any atom is 0.259 e. The summed E-state index contributed by atoms with van der Waals surface area (Å²) in [4.78, 5) is 12.4. The molecule has 2 aromatic heterocycles. The SMILES string of the molecule is CCn1cc(C(=O)Nc2cnn(Cc3ccc(Cl)c(Cl)c3)c2)c(C)n1. The van der Waals surface area contributed by atoms with Crippen LogP contribution >= 0.6 is 23.2 Å². The molecule has 1 N–H and O–H groups in total. The lowest BCUT2D eigenvalue weighted by Gasteiger charge is -2.04. The van der Waals surface area contributed by atoms with E-state index in [1.165, 1.54) is 0 Å². The molecule has 0 saturated heterocycles. The second kappa shape index (κ2) is 7.29. The number of carbonyl (C=O) groups excluding carboxylic acids is 1. The Hall–Kier alpha value is -2.31. The number of benzene rings is 1. The average Bonchev–Trinajstić information content (AvgIpc) is 3.17. The Morgan fingerprint density at radius 2 is 2.00 bits per heavy atom. The number of aryl methyl sites for hydroxylation is 2. The normalized spacial score (nSPS) is 10.9. The Kier molecular flexibility index (Phi) is 5.11. The molecule has 0 radical (unpaired) electrons. The molecule has 8 heteroatoms. The van der Waals surface area contributed by atoms with Crippen LogP contribution in [0.4, 0.5) is 5.69 Å². The van der Waals surface area contributed by atoms with Gasteiger partial charge < -0.3 is 5.32 Å². The number of amides is 1. The summed E-state index contributed by atoms with van der Waals surface area (Å²) in [5, 5.41) is 12.4. The molecule has 1 aromatic carbocycles. The van der Waals surface area contributed by atoms with E-state index < -0.39 is 0 Å². The third-order valence-electron chi connectivity index (χ3n) is 3.73. The zero-order valence-electron chi connectivity index (χ0n) is 13.8. The Morgan fingerprint density at radius 1 is 1.20 bits per heavy atom. The van der Waals surface area contributed by atoms with Gasteiger partial charge in [-0.3, -0.25) is 14.2 Å². The predicted octanol–water partition coefficient (Wildman–Crippen LogP) is 4.02. The summed E-state index contributed by atoms with van der Waals surface area (Å²) >= 11 is 11.9. The van der Waals surface area contributed by atoms with Crippen LogP contribution in [0.25, 0.3) is 0 Å². The smallest absolute Gasteiger partial charge is 0.259 e. The first-order valence-corrected chi connectivity index (χ1v) is 8.53. The van der Waals surface area contributed by atoms with Crippen LogP contribution in [0.2, 0.25) is 10.0 Å². The van der Waals surface area contributed by atoms with E-state index in [0.29, 0.717) is 33.5 Å². The lowest BCUT2D eigenvalue weighted by Crippen LogP contribution is -2.12. The quantitative estimate of drug-likeness (QED) is 0.730. The van der Waals surface area contributed by atoms with Gasteiger partial charge in [0.2, 0.25) is 0 Å². The largest absolute Gasteiger partial charge is 0.319 e. The van der Waals surface area contributed by atoms with Crippen LogP contribution in [0.5, 0.6) is 0 Å². The molecule has 1 amide bonds. The maximum absolute atomic E-state index is 12.4. The standard InChI is InChI=1S/C17H17Cl2N5O/c1-3-23-10-14(11(2)22-23)17(25)21-13-7-20-24(9-13)8-12-4-5-15(18)16(19)6-12/h4-7,9-10H,3,8H2,1-2H3,(H,21,25). The lowest BCUT2D eigenvalue weighted by atomic mass is 10.2. The van der Waals surface area contributed by atoms with Crippen molar-refractivity contribution in [3.63, 3.8) is 0 Å². The van der Waals surface area contributed by atoms with E-state index in [-0.39, 0.29) is 5.91 Å². The topological polar surface area (TPSA) is 64.7 Å². The van der Waals surface area contributed by atoms with Crippen LogP contribution < -0.4 is 5.32 Å². The number of aromatic nitrogens is 4. The maximum atomic E-state index is 12.4. The molecule has 0 aliphatic carbocycles. The number of rotatable bonds is 5. The van der Waals surface area contributed by atoms with Gasteiger partial charge in [-0.15, -0.1) is 0 Å². The van der Waals surface area contributed by atoms with E-state index in [9.17, 15) is 4.79 Å². The highest BCUT2D eigenvalue weighted by Crippen LogP contribution is 2.23. The zero-order chi connectivity index (χ0) is 18.0. The molecule has 6 nitrogen and oxygen atoms in total. The van der Waals surface area contributed by atoms with Crippen molar-refractivity contribution in [1.82, 2.24) is 19.6 Å². The van der Waals surface area contributed by atoms with Crippen molar-refractivity contribution in [1.29, 1.82) is 0 Å². The minimum Gasteiger partial charge on any atom is -0.319 e. The van der Waals surface area contributed by atoms with Gasteiger partial charge in [-0.05, 0) is 31.5 Å². The van der Waals surface area contributed by atoms with Crippen LogP contribution in [0.3, 0.4) is 0 Å². The van der Waals surface area contributed by atoms with Crippen LogP contribution in [-0.4, -0.2) is 25.5 Å². The molecular formula is C17H17Cl2N5O. The van der Waals surface area contributed by atoms with E-state index in [1.807, 2.05) is 19.9 Å². The highest BCUT2D eigenvalue weighted by atomic mass is 35.5. The van der Waals surface area contributed by atoms with Crippen molar-refractivity contribution in [3.8, 4) is 0 Å². The van der Waals surface area contributed by atoms with Gasteiger partial charge in [0.15, 0.2) is 0 Å². The van der Waals surface area contributed by atoms with Crippen molar-refractivity contribution < 1.29 is 4.79 Å². The summed E-state index contributed by atoms with van der Waals surface area (Å²) < 4.78 is 3.45. The molecule has 0 saturated carbocycles. The molecule has 3 aromatic rings. The number of nitrogens with one attached hydrogen (secondary N) is 1. The molecule has 130 valence electrons. The third kappa shape index (κ3) is 4.03. The highest BCUT2D eigenvalue weighted by Gasteiger charge is 2.14. The van der Waals surface area contributed by atoms with Gasteiger partial charge in [0.05, 0.1) is 39.7 Å². The number of anilines is 1. The fourth-order valence-electron chi connectivity index (χ4n) is 2.44. The molecule has 3 rings (SSSR count). The van der Waals surface area contributed by atoms with Crippen molar-refractivity contribution in [2.45, 2.75) is 26.9 Å². The number of nitrogens with zero attached hydrogens (tertiary/aromatic N) is 4. The minimum atomic E-state index is -0.203. The summed E-state index contributed by atoms with van der Waals surface area (Å²) in [6, 6.07) is 5.43. The average molecular weight is 378 g/mol. The first-order chi connectivity index (χ1) is 12.0. The van der Waals surface area contributed by atoms with Crippen LogP contribution in [0, 0.1) is 6.92 Å². The molecule has 25 heavy (non-hydrogen) atoms. The van der Waals surface area contributed by atoms with E-state index in [2.05, 4.69) is 15.5 Å². The summed E-state index contributed by atoms with van der Waals surface area (Å²) in [5.41, 5.74) is 2.84. The summed E-state index contributed by atoms with van der Waals surface area (Å²) in [7, 11) is 0. The van der Waals surface area contributed by atoms with Crippen LogP contribution in [0.1, 0.15) is 28.5 Å². The van der Waals surface area contributed by atoms with Crippen molar-refractivity contribution in [2.75, 3.05) is 5.32 Å².